The van der Waals surface area contributed by atoms with Gasteiger partial charge in [-0.05, 0) is 45.3 Å². The third kappa shape index (κ3) is 3.23. The van der Waals surface area contributed by atoms with Crippen LogP contribution in [0.15, 0.2) is 24.3 Å². The molecule has 2 heterocycles. The van der Waals surface area contributed by atoms with Gasteiger partial charge in [0.2, 0.25) is 0 Å². The van der Waals surface area contributed by atoms with E-state index in [4.69, 9.17) is 19.2 Å². The Morgan fingerprint density at radius 1 is 1.21 bits per heavy atom. The molecular formula is C17H24BNO5. The molecule has 0 aliphatic carbocycles. The first-order valence-electron chi connectivity index (χ1n) is 8.28. The smallest absolute Gasteiger partial charge is 0.489 e. The normalized spacial score (nSPS) is 25.1. The molecule has 1 N–H and O–H groups in total. The molecule has 3 rings (SSSR count). The van der Waals surface area contributed by atoms with Gasteiger partial charge in [0.1, 0.15) is 11.9 Å². The van der Waals surface area contributed by atoms with Crippen molar-refractivity contribution < 1.29 is 23.9 Å². The minimum absolute atomic E-state index is 0.0937. The molecule has 6 nitrogen and oxygen atoms in total. The van der Waals surface area contributed by atoms with Crippen molar-refractivity contribution in [3.8, 4) is 5.75 Å². The Kier molecular flexibility index (Phi) is 4.26. The summed E-state index contributed by atoms with van der Waals surface area (Å²) in [6, 6.07) is 7.62. The third-order valence-corrected chi connectivity index (χ3v) is 5.12. The molecule has 1 amide bonds. The van der Waals surface area contributed by atoms with Crippen molar-refractivity contribution in [1.29, 1.82) is 0 Å². The summed E-state index contributed by atoms with van der Waals surface area (Å²) in [6.07, 6.45) is -0.272. The fourth-order valence-corrected chi connectivity index (χ4v) is 2.87. The van der Waals surface area contributed by atoms with Gasteiger partial charge >= 0.3 is 13.2 Å². The molecule has 2 aliphatic rings. The van der Waals surface area contributed by atoms with Gasteiger partial charge in [-0.1, -0.05) is 12.1 Å². The van der Waals surface area contributed by atoms with Gasteiger partial charge in [-0.3, -0.25) is 0 Å². The highest BCUT2D eigenvalue weighted by Gasteiger charge is 2.51. The molecule has 0 saturated carbocycles. The summed E-state index contributed by atoms with van der Waals surface area (Å²) < 4.78 is 17.9. The molecule has 2 fully saturated rings. The Morgan fingerprint density at radius 3 is 2.29 bits per heavy atom. The number of benzene rings is 1. The summed E-state index contributed by atoms with van der Waals surface area (Å²) in [5.74, 6) is 0.729. The molecule has 1 unspecified atom stereocenters. The number of hydrogen-bond donors (Lipinski definition) is 1. The average Bonchev–Trinajstić information content (AvgIpc) is 3.03. The predicted molar refractivity (Wildman–Crippen MR) is 90.8 cm³/mol. The number of carboxylic acid groups (broad SMARTS) is 1. The molecule has 0 radical (unpaired) electrons. The van der Waals surface area contributed by atoms with Crippen LogP contribution >= 0.6 is 0 Å². The van der Waals surface area contributed by atoms with E-state index in [1.54, 1.807) is 0 Å². The lowest BCUT2D eigenvalue weighted by Crippen LogP contribution is -2.41. The van der Waals surface area contributed by atoms with E-state index >= 15 is 0 Å². The number of amides is 1. The molecular weight excluding hydrogens is 309 g/mol. The summed E-state index contributed by atoms with van der Waals surface area (Å²) in [4.78, 5) is 12.3. The Hall–Kier alpha value is -1.73. The van der Waals surface area contributed by atoms with Gasteiger partial charge < -0.3 is 24.1 Å². The molecule has 1 aromatic carbocycles. The van der Waals surface area contributed by atoms with Gasteiger partial charge in [-0.15, -0.1) is 0 Å². The Bertz CT molecular complexity index is 600. The van der Waals surface area contributed by atoms with Gasteiger partial charge in [-0.2, -0.15) is 0 Å². The summed E-state index contributed by atoms with van der Waals surface area (Å²) in [5.41, 5.74) is 0.216. The number of carbonyl (C=O) groups is 1. The molecule has 0 aromatic heterocycles. The number of nitrogens with zero attached hydrogens (tertiary/aromatic N) is 1. The second kappa shape index (κ2) is 5.97. The first-order valence-corrected chi connectivity index (χ1v) is 8.28. The van der Waals surface area contributed by atoms with Crippen LogP contribution in [0.4, 0.5) is 4.79 Å². The van der Waals surface area contributed by atoms with E-state index in [-0.39, 0.29) is 17.3 Å². The molecule has 2 saturated heterocycles. The zero-order valence-electron chi connectivity index (χ0n) is 14.6. The monoisotopic (exact) mass is 333 g/mol. The molecule has 0 spiro atoms. The van der Waals surface area contributed by atoms with E-state index in [1.807, 2.05) is 52.0 Å². The van der Waals surface area contributed by atoms with Gasteiger partial charge in [-0.25, -0.2) is 4.79 Å². The highest BCUT2D eigenvalue weighted by Crippen LogP contribution is 2.36. The lowest BCUT2D eigenvalue weighted by Gasteiger charge is -2.32. The van der Waals surface area contributed by atoms with E-state index in [9.17, 15) is 4.79 Å². The highest BCUT2D eigenvalue weighted by molar-refractivity contribution is 6.62. The van der Waals surface area contributed by atoms with Crippen LogP contribution < -0.4 is 10.2 Å². The lowest BCUT2D eigenvalue weighted by atomic mass is 9.79. The van der Waals surface area contributed by atoms with Gasteiger partial charge in [0.05, 0.1) is 17.7 Å². The molecule has 0 bridgehead atoms. The van der Waals surface area contributed by atoms with Crippen molar-refractivity contribution >= 4 is 18.7 Å². The van der Waals surface area contributed by atoms with Crippen LogP contribution in [0.25, 0.3) is 0 Å². The summed E-state index contributed by atoms with van der Waals surface area (Å²) in [7, 11) is -0.391. The SMILES string of the molecule is CC1(C)OB(c2ccc(OC3CCN(C(=O)O)C3)cc2)OC1(C)C. The van der Waals surface area contributed by atoms with Gasteiger partial charge in [0, 0.05) is 13.0 Å². The highest BCUT2D eigenvalue weighted by atomic mass is 16.7. The standard InChI is InChI=1S/C17H24BNO5/c1-16(2)17(3,4)24-18(23-16)12-5-7-13(8-6-12)22-14-9-10-19(11-14)15(20)21/h5-8,14H,9-11H2,1-4H3,(H,20,21). The Labute approximate surface area is 142 Å². The zero-order valence-corrected chi connectivity index (χ0v) is 14.6. The minimum Gasteiger partial charge on any atom is -0.489 e. The topological polar surface area (TPSA) is 68.2 Å². The van der Waals surface area contributed by atoms with E-state index in [1.165, 1.54) is 4.90 Å². The van der Waals surface area contributed by atoms with Crippen LogP contribution in [0.5, 0.6) is 5.75 Å². The van der Waals surface area contributed by atoms with Crippen LogP contribution in [-0.2, 0) is 9.31 Å². The maximum Gasteiger partial charge on any atom is 0.494 e. The molecule has 1 aromatic rings. The van der Waals surface area contributed by atoms with Crippen molar-refractivity contribution in [2.75, 3.05) is 13.1 Å². The largest absolute Gasteiger partial charge is 0.494 e. The maximum atomic E-state index is 10.9. The van der Waals surface area contributed by atoms with Crippen molar-refractivity contribution in [3.63, 3.8) is 0 Å². The number of ether oxygens (including phenoxy) is 1. The first-order chi connectivity index (χ1) is 11.2. The quantitative estimate of drug-likeness (QED) is 0.858. The van der Waals surface area contributed by atoms with Crippen LogP contribution in [0.1, 0.15) is 34.1 Å². The van der Waals surface area contributed by atoms with Crippen LogP contribution in [0.3, 0.4) is 0 Å². The van der Waals surface area contributed by atoms with E-state index in [2.05, 4.69) is 0 Å². The van der Waals surface area contributed by atoms with Crippen molar-refractivity contribution in [3.05, 3.63) is 24.3 Å². The zero-order chi connectivity index (χ0) is 17.5. The van der Waals surface area contributed by atoms with E-state index in [0.717, 1.165) is 11.2 Å². The number of likely N-dealkylation sites (tertiary alicyclic amines) is 1. The molecule has 7 heteroatoms. The van der Waals surface area contributed by atoms with Crippen molar-refractivity contribution in [2.45, 2.75) is 51.4 Å². The van der Waals surface area contributed by atoms with Crippen molar-refractivity contribution in [2.24, 2.45) is 0 Å². The van der Waals surface area contributed by atoms with Gasteiger partial charge in [0.15, 0.2) is 0 Å². The number of rotatable bonds is 3. The summed E-state index contributed by atoms with van der Waals surface area (Å²) in [6.45, 7) is 9.04. The molecule has 2 aliphatic heterocycles. The fraction of sp³-hybridized carbons (Fsp3) is 0.588. The average molecular weight is 333 g/mol. The van der Waals surface area contributed by atoms with Gasteiger partial charge in [0.25, 0.3) is 0 Å². The molecule has 130 valence electrons. The second-order valence-corrected chi connectivity index (χ2v) is 7.41. The van der Waals surface area contributed by atoms with E-state index in [0.29, 0.717) is 19.5 Å². The summed E-state index contributed by atoms with van der Waals surface area (Å²) in [5, 5.41) is 8.98. The van der Waals surface area contributed by atoms with Crippen LogP contribution in [-0.4, -0.2) is 53.6 Å². The minimum atomic E-state index is -0.891. The van der Waals surface area contributed by atoms with E-state index < -0.39 is 13.2 Å². The fourth-order valence-electron chi connectivity index (χ4n) is 2.87. The van der Waals surface area contributed by atoms with Crippen molar-refractivity contribution in [1.82, 2.24) is 4.90 Å². The molecule has 1 atom stereocenters. The first kappa shape index (κ1) is 17.1. The molecule has 24 heavy (non-hydrogen) atoms. The maximum absolute atomic E-state index is 10.9. The second-order valence-electron chi connectivity index (χ2n) is 7.41. The summed E-state index contributed by atoms with van der Waals surface area (Å²) >= 11 is 0. The third-order valence-electron chi connectivity index (χ3n) is 5.12. The van der Waals surface area contributed by atoms with Crippen LogP contribution in [0, 0.1) is 0 Å². The predicted octanol–water partition coefficient (Wildman–Crippen LogP) is 2.12. The Balaban J connectivity index is 1.62. The lowest BCUT2D eigenvalue weighted by molar-refractivity contribution is 0.00578. The number of hydrogen-bond acceptors (Lipinski definition) is 4. The van der Waals surface area contributed by atoms with Crippen LogP contribution in [0.2, 0.25) is 0 Å². The Morgan fingerprint density at radius 2 is 1.79 bits per heavy atom.